The Morgan fingerprint density at radius 3 is 2.55 bits per heavy atom. The molecule has 1 aromatic rings. The van der Waals surface area contributed by atoms with Gasteiger partial charge in [-0.1, -0.05) is 6.42 Å². The number of pyridine rings is 1. The molecule has 1 saturated carbocycles. The van der Waals surface area contributed by atoms with E-state index in [1.807, 2.05) is 0 Å². The second-order valence-electron chi connectivity index (χ2n) is 5.54. The molecule has 0 spiro atoms. The Hall–Kier alpha value is -2.24. The fourth-order valence-corrected chi connectivity index (χ4v) is 3.00. The summed E-state index contributed by atoms with van der Waals surface area (Å²) in [5.41, 5.74) is 0.212. The van der Waals surface area contributed by atoms with E-state index in [0.29, 0.717) is 11.1 Å². The normalized spacial score (nSPS) is 19.7. The number of amides is 2. The van der Waals surface area contributed by atoms with E-state index in [9.17, 15) is 14.4 Å². The van der Waals surface area contributed by atoms with Gasteiger partial charge < -0.3 is 5.11 Å². The van der Waals surface area contributed by atoms with Gasteiger partial charge >= 0.3 is 5.97 Å². The number of carbonyl (C=O) groups excluding carboxylic acids is 2. The average molecular weight is 274 g/mol. The van der Waals surface area contributed by atoms with E-state index >= 15 is 0 Å². The Balaban J connectivity index is 1.84. The summed E-state index contributed by atoms with van der Waals surface area (Å²) in [7, 11) is 0. The van der Waals surface area contributed by atoms with Crippen LogP contribution in [0.5, 0.6) is 0 Å². The molecule has 0 unspecified atom stereocenters. The molecule has 0 atom stereocenters. The van der Waals surface area contributed by atoms with E-state index in [1.165, 1.54) is 23.4 Å². The van der Waals surface area contributed by atoms with Gasteiger partial charge in [-0.25, -0.2) is 0 Å². The highest BCUT2D eigenvalue weighted by atomic mass is 16.4. The summed E-state index contributed by atoms with van der Waals surface area (Å²) < 4.78 is 0. The maximum atomic E-state index is 12.2. The first-order valence-electron chi connectivity index (χ1n) is 6.54. The predicted octanol–water partition coefficient (Wildman–Crippen LogP) is 1.32. The summed E-state index contributed by atoms with van der Waals surface area (Å²) >= 11 is 0. The van der Waals surface area contributed by atoms with Crippen LogP contribution < -0.4 is 0 Å². The largest absolute Gasteiger partial charge is 0.481 e. The zero-order chi connectivity index (χ0) is 14.3. The highest BCUT2D eigenvalue weighted by Gasteiger charge is 2.45. The first-order valence-corrected chi connectivity index (χ1v) is 6.54. The number of aromatic nitrogens is 1. The van der Waals surface area contributed by atoms with Crippen molar-refractivity contribution in [2.45, 2.75) is 25.7 Å². The predicted molar refractivity (Wildman–Crippen MR) is 68.1 cm³/mol. The van der Waals surface area contributed by atoms with E-state index in [4.69, 9.17) is 5.11 Å². The molecule has 1 aliphatic carbocycles. The lowest BCUT2D eigenvalue weighted by atomic mass is 9.66. The number of aliphatic carboxylic acids is 1. The van der Waals surface area contributed by atoms with Gasteiger partial charge in [-0.2, -0.15) is 0 Å². The molecule has 0 saturated heterocycles. The molecular weight excluding hydrogens is 260 g/mol. The van der Waals surface area contributed by atoms with E-state index in [0.717, 1.165) is 19.3 Å². The molecular formula is C14H14N2O4. The maximum absolute atomic E-state index is 12.2. The van der Waals surface area contributed by atoms with Crippen LogP contribution in [0.4, 0.5) is 0 Å². The van der Waals surface area contributed by atoms with Crippen LogP contribution in [0, 0.1) is 5.41 Å². The van der Waals surface area contributed by atoms with Crippen LogP contribution in [-0.4, -0.2) is 39.3 Å². The van der Waals surface area contributed by atoms with Crippen molar-refractivity contribution in [3.63, 3.8) is 0 Å². The summed E-state index contributed by atoms with van der Waals surface area (Å²) in [6, 6.07) is 1.53. The average Bonchev–Trinajstić information content (AvgIpc) is 2.61. The third kappa shape index (κ3) is 1.88. The molecule has 0 radical (unpaired) electrons. The van der Waals surface area contributed by atoms with Gasteiger partial charge in [0.25, 0.3) is 11.8 Å². The lowest BCUT2D eigenvalue weighted by Gasteiger charge is -2.42. The van der Waals surface area contributed by atoms with E-state index < -0.39 is 11.4 Å². The molecule has 6 nitrogen and oxygen atoms in total. The topological polar surface area (TPSA) is 87.6 Å². The zero-order valence-electron chi connectivity index (χ0n) is 10.8. The molecule has 1 aromatic heterocycles. The number of hydrogen-bond donors (Lipinski definition) is 1. The lowest BCUT2D eigenvalue weighted by Crippen LogP contribution is -2.45. The molecule has 2 aliphatic rings. The van der Waals surface area contributed by atoms with Crippen LogP contribution in [0.15, 0.2) is 18.5 Å². The van der Waals surface area contributed by atoms with Crippen LogP contribution in [0.25, 0.3) is 0 Å². The monoisotopic (exact) mass is 274 g/mol. The minimum absolute atomic E-state index is 0.00133. The van der Waals surface area contributed by atoms with Crippen molar-refractivity contribution >= 4 is 17.8 Å². The second-order valence-corrected chi connectivity index (χ2v) is 5.54. The Morgan fingerprint density at radius 1 is 1.30 bits per heavy atom. The van der Waals surface area contributed by atoms with Crippen LogP contribution in [-0.2, 0) is 4.79 Å². The Kier molecular flexibility index (Phi) is 2.81. The minimum atomic E-state index is -0.886. The van der Waals surface area contributed by atoms with Crippen molar-refractivity contribution in [3.8, 4) is 0 Å². The van der Waals surface area contributed by atoms with E-state index in [2.05, 4.69) is 4.98 Å². The van der Waals surface area contributed by atoms with Crippen molar-refractivity contribution in [2.75, 3.05) is 6.54 Å². The van der Waals surface area contributed by atoms with E-state index in [1.54, 1.807) is 0 Å². The van der Waals surface area contributed by atoms with Gasteiger partial charge in [0.2, 0.25) is 0 Å². The number of hydrogen-bond acceptors (Lipinski definition) is 4. The number of nitrogens with zero attached hydrogens (tertiary/aromatic N) is 2. The summed E-state index contributed by atoms with van der Waals surface area (Å²) in [5.74, 6) is -1.60. The maximum Gasteiger partial charge on any atom is 0.303 e. The minimum Gasteiger partial charge on any atom is -0.481 e. The van der Waals surface area contributed by atoms with Crippen molar-refractivity contribution < 1.29 is 19.5 Å². The standard InChI is InChI=1S/C14H14N2O4/c17-11(18)6-14(3-1-4-14)8-16-12(19)9-2-5-15-7-10(9)13(16)20/h2,5,7H,1,3-4,6,8H2,(H,17,18). The van der Waals surface area contributed by atoms with Crippen LogP contribution >= 0.6 is 0 Å². The fourth-order valence-electron chi connectivity index (χ4n) is 3.00. The van der Waals surface area contributed by atoms with Gasteiger partial charge in [-0.05, 0) is 24.3 Å². The number of rotatable bonds is 4. The first kappa shape index (κ1) is 12.8. The lowest BCUT2D eigenvalue weighted by molar-refractivity contribution is -0.141. The van der Waals surface area contributed by atoms with Crippen molar-refractivity contribution in [1.82, 2.24) is 9.88 Å². The summed E-state index contributed by atoms with van der Waals surface area (Å²) in [4.78, 5) is 40.5. The summed E-state index contributed by atoms with van der Waals surface area (Å²) in [6.07, 6.45) is 5.29. The molecule has 0 aromatic carbocycles. The van der Waals surface area contributed by atoms with Gasteiger partial charge in [0.15, 0.2) is 0 Å². The van der Waals surface area contributed by atoms with Gasteiger partial charge in [0.05, 0.1) is 17.5 Å². The zero-order valence-corrected chi connectivity index (χ0v) is 10.8. The Labute approximate surface area is 115 Å². The molecule has 20 heavy (non-hydrogen) atoms. The Morgan fingerprint density at radius 2 is 2.00 bits per heavy atom. The molecule has 2 heterocycles. The van der Waals surface area contributed by atoms with Gasteiger partial charge in [-0.15, -0.1) is 0 Å². The van der Waals surface area contributed by atoms with Crippen molar-refractivity contribution in [3.05, 3.63) is 29.6 Å². The number of carboxylic acid groups (broad SMARTS) is 1. The number of imide groups is 1. The van der Waals surface area contributed by atoms with Gasteiger partial charge in [-0.3, -0.25) is 24.3 Å². The summed E-state index contributed by atoms with van der Waals surface area (Å²) in [6.45, 7) is 0.186. The number of carboxylic acids is 1. The van der Waals surface area contributed by atoms with Crippen LogP contribution in [0.2, 0.25) is 0 Å². The third-order valence-corrected chi connectivity index (χ3v) is 4.21. The van der Waals surface area contributed by atoms with Crippen molar-refractivity contribution in [2.24, 2.45) is 5.41 Å². The molecule has 1 fully saturated rings. The second kappa shape index (κ2) is 4.40. The first-order chi connectivity index (χ1) is 9.52. The van der Waals surface area contributed by atoms with Crippen molar-refractivity contribution in [1.29, 1.82) is 0 Å². The highest BCUT2D eigenvalue weighted by Crippen LogP contribution is 2.45. The third-order valence-electron chi connectivity index (χ3n) is 4.21. The number of carbonyl (C=O) groups is 3. The van der Waals surface area contributed by atoms with Gasteiger partial charge in [0.1, 0.15) is 0 Å². The molecule has 3 rings (SSSR count). The van der Waals surface area contributed by atoms with Crippen LogP contribution in [0.1, 0.15) is 46.4 Å². The molecule has 104 valence electrons. The fraction of sp³-hybridized carbons (Fsp3) is 0.429. The molecule has 1 aliphatic heterocycles. The van der Waals surface area contributed by atoms with Crippen LogP contribution in [0.3, 0.4) is 0 Å². The van der Waals surface area contributed by atoms with E-state index in [-0.39, 0.29) is 24.8 Å². The highest BCUT2D eigenvalue weighted by molar-refractivity contribution is 6.21. The molecule has 2 amide bonds. The smallest absolute Gasteiger partial charge is 0.303 e. The summed E-state index contributed by atoms with van der Waals surface area (Å²) in [5, 5.41) is 9.00. The Bertz CT molecular complexity index is 572. The van der Waals surface area contributed by atoms with Gasteiger partial charge in [0, 0.05) is 18.9 Å². The SMILES string of the molecule is O=C(O)CC1(CN2C(=O)c3ccncc3C2=O)CCC1. The molecule has 1 N–H and O–H groups in total. The number of fused-ring (bicyclic) bond motifs is 1. The quantitative estimate of drug-likeness (QED) is 0.837. The molecule has 0 bridgehead atoms. The molecule has 6 heteroatoms.